The molecule has 0 aromatic heterocycles. The van der Waals surface area contributed by atoms with E-state index in [0.29, 0.717) is 5.41 Å². The molecule has 0 amide bonds. The maximum Gasteiger partial charge on any atom is 0.190 e. The number of guanidine groups is 1. The molecule has 0 fully saturated rings. The number of hydrogen-bond donors (Lipinski definition) is 2. The molecule has 0 saturated carbocycles. The van der Waals surface area contributed by atoms with E-state index in [1.165, 1.54) is 19.3 Å². The topological polar surface area (TPSA) is 36.4 Å². The van der Waals surface area contributed by atoms with Crippen molar-refractivity contribution in [2.75, 3.05) is 20.1 Å². The van der Waals surface area contributed by atoms with Crippen LogP contribution in [-0.2, 0) is 0 Å². The van der Waals surface area contributed by atoms with Crippen LogP contribution in [0.4, 0.5) is 0 Å². The molecule has 16 heavy (non-hydrogen) atoms. The normalized spacial score (nSPS) is 12.7. The Morgan fingerprint density at radius 1 is 1.06 bits per heavy atom. The highest BCUT2D eigenvalue weighted by molar-refractivity contribution is 5.79. The van der Waals surface area contributed by atoms with Crippen LogP contribution in [0.5, 0.6) is 0 Å². The number of unbranched alkanes of at least 4 members (excludes halogenated alkanes) is 2. The molecule has 0 bridgehead atoms. The Morgan fingerprint density at radius 2 is 1.69 bits per heavy atom. The summed E-state index contributed by atoms with van der Waals surface area (Å²) in [5.41, 5.74) is 0.383. The molecule has 0 unspecified atom stereocenters. The van der Waals surface area contributed by atoms with Crippen molar-refractivity contribution in [1.82, 2.24) is 10.6 Å². The Morgan fingerprint density at radius 3 is 2.19 bits per heavy atom. The lowest BCUT2D eigenvalue weighted by Gasteiger charge is -2.19. The molecule has 0 rings (SSSR count). The van der Waals surface area contributed by atoms with Crippen LogP contribution in [0.25, 0.3) is 0 Å². The second-order valence-electron chi connectivity index (χ2n) is 5.44. The summed E-state index contributed by atoms with van der Waals surface area (Å²) in [4.78, 5) is 4.20. The zero-order valence-electron chi connectivity index (χ0n) is 11.7. The van der Waals surface area contributed by atoms with E-state index in [-0.39, 0.29) is 0 Å². The van der Waals surface area contributed by atoms with E-state index in [2.05, 4.69) is 43.3 Å². The van der Waals surface area contributed by atoms with Gasteiger partial charge in [0.25, 0.3) is 0 Å². The van der Waals surface area contributed by atoms with Crippen LogP contribution in [0.2, 0.25) is 0 Å². The van der Waals surface area contributed by atoms with Gasteiger partial charge < -0.3 is 10.6 Å². The van der Waals surface area contributed by atoms with E-state index < -0.39 is 0 Å². The fraction of sp³-hybridized carbons (Fsp3) is 0.923. The number of nitrogens with one attached hydrogen (secondary N) is 2. The van der Waals surface area contributed by atoms with Gasteiger partial charge in [0.1, 0.15) is 0 Å². The first-order valence-electron chi connectivity index (χ1n) is 6.44. The van der Waals surface area contributed by atoms with E-state index in [4.69, 9.17) is 0 Å². The highest BCUT2D eigenvalue weighted by Crippen LogP contribution is 2.16. The average molecular weight is 227 g/mol. The van der Waals surface area contributed by atoms with Crippen molar-refractivity contribution in [3.63, 3.8) is 0 Å². The first-order valence-corrected chi connectivity index (χ1v) is 6.44. The van der Waals surface area contributed by atoms with E-state index >= 15 is 0 Å². The highest BCUT2D eigenvalue weighted by Gasteiger charge is 2.09. The smallest absolute Gasteiger partial charge is 0.190 e. The van der Waals surface area contributed by atoms with Gasteiger partial charge in [-0.05, 0) is 18.3 Å². The summed E-state index contributed by atoms with van der Waals surface area (Å²) < 4.78 is 0. The average Bonchev–Trinajstić information content (AvgIpc) is 2.20. The summed E-state index contributed by atoms with van der Waals surface area (Å²) in [7, 11) is 1.83. The quantitative estimate of drug-likeness (QED) is 0.416. The minimum Gasteiger partial charge on any atom is -0.356 e. The third kappa shape index (κ3) is 9.81. The van der Waals surface area contributed by atoms with E-state index in [0.717, 1.165) is 25.5 Å². The van der Waals surface area contributed by atoms with Crippen LogP contribution in [0, 0.1) is 5.41 Å². The summed E-state index contributed by atoms with van der Waals surface area (Å²) in [5, 5.41) is 6.67. The van der Waals surface area contributed by atoms with Gasteiger partial charge in [-0.1, -0.05) is 40.5 Å². The Labute approximate surface area is 101 Å². The van der Waals surface area contributed by atoms with Crippen LogP contribution >= 0.6 is 0 Å². The maximum atomic E-state index is 4.20. The number of hydrogen-bond acceptors (Lipinski definition) is 1. The van der Waals surface area contributed by atoms with Crippen LogP contribution in [0.15, 0.2) is 4.99 Å². The monoisotopic (exact) mass is 227 g/mol. The lowest BCUT2D eigenvalue weighted by atomic mass is 9.92. The molecule has 0 atom stereocenters. The van der Waals surface area contributed by atoms with Gasteiger partial charge in [0.2, 0.25) is 0 Å². The van der Waals surface area contributed by atoms with Crippen molar-refractivity contribution < 1.29 is 0 Å². The van der Waals surface area contributed by atoms with E-state index in [9.17, 15) is 0 Å². The molecule has 0 heterocycles. The van der Waals surface area contributed by atoms with Crippen molar-refractivity contribution in [2.24, 2.45) is 10.4 Å². The van der Waals surface area contributed by atoms with Crippen LogP contribution in [-0.4, -0.2) is 26.1 Å². The van der Waals surface area contributed by atoms with Gasteiger partial charge in [0, 0.05) is 20.1 Å². The maximum absolute atomic E-state index is 4.20. The van der Waals surface area contributed by atoms with Crippen molar-refractivity contribution in [1.29, 1.82) is 0 Å². The first-order chi connectivity index (χ1) is 7.49. The minimum atomic E-state index is 0.383. The predicted octanol–water partition coefficient (Wildman–Crippen LogP) is 2.78. The standard InChI is InChI=1S/C13H29N3/c1-6-7-8-10-15-12(14-5)16-11-9-13(2,3)4/h6-11H2,1-5H3,(H2,14,15,16). The summed E-state index contributed by atoms with van der Waals surface area (Å²) in [6.45, 7) is 11.0. The number of rotatable bonds is 6. The molecule has 0 aliphatic carbocycles. The van der Waals surface area contributed by atoms with Gasteiger partial charge in [-0.2, -0.15) is 0 Å². The zero-order chi connectivity index (χ0) is 12.4. The van der Waals surface area contributed by atoms with Gasteiger partial charge in [-0.15, -0.1) is 0 Å². The lowest BCUT2D eigenvalue weighted by molar-refractivity contribution is 0.377. The molecule has 0 aromatic rings. The molecule has 96 valence electrons. The summed E-state index contributed by atoms with van der Waals surface area (Å²) in [6, 6.07) is 0. The second kappa shape index (κ2) is 8.43. The fourth-order valence-corrected chi connectivity index (χ4v) is 1.36. The van der Waals surface area contributed by atoms with Crippen molar-refractivity contribution in [3.05, 3.63) is 0 Å². The Kier molecular flexibility index (Phi) is 8.04. The third-order valence-corrected chi connectivity index (χ3v) is 2.46. The zero-order valence-corrected chi connectivity index (χ0v) is 11.7. The van der Waals surface area contributed by atoms with Crippen molar-refractivity contribution in [2.45, 2.75) is 53.4 Å². The van der Waals surface area contributed by atoms with Gasteiger partial charge in [-0.25, -0.2) is 0 Å². The molecule has 3 heteroatoms. The summed E-state index contributed by atoms with van der Waals surface area (Å²) in [5.74, 6) is 0.931. The van der Waals surface area contributed by atoms with E-state index in [1.807, 2.05) is 7.05 Å². The Balaban J connectivity index is 3.61. The molecule has 0 spiro atoms. The second-order valence-corrected chi connectivity index (χ2v) is 5.44. The predicted molar refractivity (Wildman–Crippen MR) is 73.0 cm³/mol. The van der Waals surface area contributed by atoms with Crippen LogP contribution in [0.3, 0.4) is 0 Å². The third-order valence-electron chi connectivity index (χ3n) is 2.46. The SMILES string of the molecule is CCCCCNC(=NC)NCCC(C)(C)C. The molecule has 0 radical (unpaired) electrons. The minimum absolute atomic E-state index is 0.383. The van der Waals surface area contributed by atoms with Gasteiger partial charge in [0.15, 0.2) is 5.96 Å². The van der Waals surface area contributed by atoms with Crippen LogP contribution in [0.1, 0.15) is 53.4 Å². The van der Waals surface area contributed by atoms with Gasteiger partial charge in [-0.3, -0.25) is 4.99 Å². The molecule has 0 aromatic carbocycles. The lowest BCUT2D eigenvalue weighted by Crippen LogP contribution is -2.39. The summed E-state index contributed by atoms with van der Waals surface area (Å²) >= 11 is 0. The molecule has 3 nitrogen and oxygen atoms in total. The molecular formula is C13H29N3. The Hall–Kier alpha value is -0.730. The molecule has 0 aliphatic rings. The number of aliphatic imine (C=N–C) groups is 1. The fourth-order valence-electron chi connectivity index (χ4n) is 1.36. The molecule has 0 saturated heterocycles. The molecule has 0 aliphatic heterocycles. The van der Waals surface area contributed by atoms with Crippen molar-refractivity contribution in [3.8, 4) is 0 Å². The van der Waals surface area contributed by atoms with Crippen molar-refractivity contribution >= 4 is 5.96 Å². The largest absolute Gasteiger partial charge is 0.356 e. The summed E-state index contributed by atoms with van der Waals surface area (Å²) in [6.07, 6.45) is 4.92. The van der Waals surface area contributed by atoms with Gasteiger partial charge >= 0.3 is 0 Å². The first kappa shape index (κ1) is 15.3. The molecule has 2 N–H and O–H groups in total. The van der Waals surface area contributed by atoms with Gasteiger partial charge in [0.05, 0.1) is 0 Å². The van der Waals surface area contributed by atoms with Crippen LogP contribution < -0.4 is 10.6 Å². The molecular weight excluding hydrogens is 198 g/mol. The van der Waals surface area contributed by atoms with E-state index in [1.54, 1.807) is 0 Å². The Bertz CT molecular complexity index is 192. The number of nitrogens with zero attached hydrogens (tertiary/aromatic N) is 1. The highest BCUT2D eigenvalue weighted by atomic mass is 15.2.